The van der Waals surface area contributed by atoms with E-state index in [0.29, 0.717) is 37.2 Å². The van der Waals surface area contributed by atoms with Gasteiger partial charge in [-0.15, -0.1) is 0 Å². The topological polar surface area (TPSA) is 86.4 Å². The fraction of sp³-hybridized carbons (Fsp3) is 0.364. The summed E-state index contributed by atoms with van der Waals surface area (Å²) in [5.74, 6) is 0.00768. The first-order valence-electron chi connectivity index (χ1n) is 10.3. The molecule has 0 radical (unpaired) electrons. The molecule has 7 nitrogen and oxygen atoms in total. The van der Waals surface area contributed by atoms with Crippen molar-refractivity contribution in [1.29, 1.82) is 0 Å². The van der Waals surface area contributed by atoms with E-state index in [0.717, 1.165) is 24.8 Å². The Kier molecular flexibility index (Phi) is 4.83. The van der Waals surface area contributed by atoms with E-state index in [-0.39, 0.29) is 16.7 Å². The number of carbonyl (C=O) groups is 1. The van der Waals surface area contributed by atoms with Crippen molar-refractivity contribution < 1.29 is 13.2 Å². The summed E-state index contributed by atoms with van der Waals surface area (Å²) < 4.78 is 27.8. The van der Waals surface area contributed by atoms with Gasteiger partial charge in [-0.2, -0.15) is 4.31 Å². The molecule has 5 rings (SSSR count). The van der Waals surface area contributed by atoms with Crippen molar-refractivity contribution in [2.75, 3.05) is 26.2 Å². The minimum absolute atomic E-state index is 0.113. The highest BCUT2D eigenvalue weighted by molar-refractivity contribution is 7.89. The van der Waals surface area contributed by atoms with Gasteiger partial charge in [-0.3, -0.25) is 4.79 Å². The lowest BCUT2D eigenvalue weighted by Gasteiger charge is -2.37. The van der Waals surface area contributed by atoms with Gasteiger partial charge in [0.15, 0.2) is 0 Å². The number of benzene rings is 1. The van der Waals surface area contributed by atoms with Crippen LogP contribution in [0, 0.1) is 0 Å². The van der Waals surface area contributed by atoms with Crippen molar-refractivity contribution in [2.24, 2.45) is 0 Å². The van der Waals surface area contributed by atoms with Gasteiger partial charge in [-0.05, 0) is 42.5 Å². The number of aryl methyl sites for hydroxylation is 1. The molecule has 1 aliphatic heterocycles. The van der Waals surface area contributed by atoms with E-state index in [1.165, 1.54) is 16.1 Å². The van der Waals surface area contributed by atoms with Gasteiger partial charge >= 0.3 is 0 Å². The Bertz CT molecular complexity index is 1200. The lowest BCUT2D eigenvalue weighted by atomic mass is 9.82. The van der Waals surface area contributed by atoms with Gasteiger partial charge in [0, 0.05) is 44.0 Å². The SMILES string of the molecule is O=C(C1CCCc2ccccc21)N1CCN(S(=O)(=O)c2c[nH]c3ncccc23)CC1. The smallest absolute Gasteiger partial charge is 0.245 e. The number of carbonyl (C=O) groups excluding carboxylic acids is 1. The maximum absolute atomic E-state index is 13.2. The normalized spacial score (nSPS) is 20.3. The number of amides is 1. The third-order valence-corrected chi connectivity index (χ3v) is 8.19. The van der Waals surface area contributed by atoms with E-state index in [1.807, 2.05) is 17.0 Å². The number of piperazine rings is 1. The monoisotopic (exact) mass is 424 g/mol. The van der Waals surface area contributed by atoms with Crippen LogP contribution in [0.3, 0.4) is 0 Å². The number of H-pyrrole nitrogens is 1. The Labute approximate surface area is 175 Å². The molecule has 2 aromatic heterocycles. The summed E-state index contributed by atoms with van der Waals surface area (Å²) in [6.07, 6.45) is 6.02. The highest BCUT2D eigenvalue weighted by Gasteiger charge is 2.35. The van der Waals surface area contributed by atoms with E-state index < -0.39 is 10.0 Å². The molecule has 0 bridgehead atoms. The number of hydrogen-bond donors (Lipinski definition) is 1. The Morgan fingerprint density at radius 2 is 1.87 bits per heavy atom. The molecular formula is C22H24N4O3S. The molecule has 30 heavy (non-hydrogen) atoms. The summed E-state index contributed by atoms with van der Waals surface area (Å²) in [4.78, 5) is 22.4. The van der Waals surface area contributed by atoms with Crippen LogP contribution in [0.15, 0.2) is 53.7 Å². The average Bonchev–Trinajstić information content (AvgIpc) is 3.23. The molecule has 3 heterocycles. The van der Waals surface area contributed by atoms with Crippen LogP contribution in [0.25, 0.3) is 11.0 Å². The van der Waals surface area contributed by atoms with Crippen LogP contribution in [0.5, 0.6) is 0 Å². The molecule has 0 spiro atoms. The summed E-state index contributed by atoms with van der Waals surface area (Å²) in [5, 5.41) is 0.592. The second-order valence-corrected chi connectivity index (χ2v) is 9.83. The molecule has 2 aliphatic rings. The van der Waals surface area contributed by atoms with E-state index in [2.05, 4.69) is 22.1 Å². The predicted octanol–water partition coefficient (Wildman–Crippen LogP) is 2.52. The Hall–Kier alpha value is -2.71. The number of sulfonamides is 1. The number of aromatic nitrogens is 2. The van der Waals surface area contributed by atoms with E-state index in [4.69, 9.17) is 0 Å². The van der Waals surface area contributed by atoms with Gasteiger partial charge in [-0.1, -0.05) is 24.3 Å². The lowest BCUT2D eigenvalue weighted by molar-refractivity contribution is -0.134. The number of nitrogens with zero attached hydrogens (tertiary/aromatic N) is 3. The second kappa shape index (κ2) is 7.52. The molecule has 1 atom stereocenters. The summed E-state index contributed by atoms with van der Waals surface area (Å²) in [7, 11) is -3.64. The highest BCUT2D eigenvalue weighted by atomic mass is 32.2. The third kappa shape index (κ3) is 3.20. The Balaban J connectivity index is 1.31. The zero-order valence-electron chi connectivity index (χ0n) is 16.6. The largest absolute Gasteiger partial charge is 0.345 e. The fourth-order valence-corrected chi connectivity index (χ4v) is 6.24. The molecule has 1 unspecified atom stereocenters. The maximum Gasteiger partial charge on any atom is 0.245 e. The van der Waals surface area contributed by atoms with Crippen LogP contribution in [-0.2, 0) is 21.2 Å². The van der Waals surface area contributed by atoms with E-state index in [1.54, 1.807) is 18.3 Å². The zero-order valence-corrected chi connectivity index (χ0v) is 17.4. The van der Waals surface area contributed by atoms with E-state index in [9.17, 15) is 13.2 Å². The molecule has 3 aromatic rings. The Morgan fingerprint density at radius 3 is 2.70 bits per heavy atom. The van der Waals surface area contributed by atoms with Gasteiger partial charge in [0.25, 0.3) is 0 Å². The molecule has 1 aliphatic carbocycles. The quantitative estimate of drug-likeness (QED) is 0.700. The molecule has 1 fully saturated rings. The number of rotatable bonds is 3. The first-order chi connectivity index (χ1) is 14.6. The second-order valence-electron chi connectivity index (χ2n) is 7.93. The molecule has 0 saturated carbocycles. The molecule has 1 N–H and O–H groups in total. The first-order valence-corrected chi connectivity index (χ1v) is 11.8. The van der Waals surface area contributed by atoms with Gasteiger partial charge in [0.2, 0.25) is 15.9 Å². The Morgan fingerprint density at radius 1 is 1.07 bits per heavy atom. The van der Waals surface area contributed by atoms with Gasteiger partial charge < -0.3 is 9.88 Å². The van der Waals surface area contributed by atoms with Crippen LogP contribution in [0.1, 0.15) is 29.9 Å². The number of pyridine rings is 1. The first kappa shape index (κ1) is 19.3. The molecule has 156 valence electrons. The predicted molar refractivity (Wildman–Crippen MR) is 114 cm³/mol. The average molecular weight is 425 g/mol. The number of nitrogens with one attached hydrogen (secondary N) is 1. The molecular weight excluding hydrogens is 400 g/mol. The van der Waals surface area contributed by atoms with Crippen LogP contribution in [-0.4, -0.2) is 59.7 Å². The van der Waals surface area contributed by atoms with Crippen LogP contribution in [0.2, 0.25) is 0 Å². The van der Waals surface area contributed by atoms with Gasteiger partial charge in [0.05, 0.1) is 5.92 Å². The van der Waals surface area contributed by atoms with Crippen LogP contribution >= 0.6 is 0 Å². The van der Waals surface area contributed by atoms with Crippen molar-refractivity contribution >= 4 is 27.0 Å². The minimum atomic E-state index is -3.64. The van der Waals surface area contributed by atoms with Crippen molar-refractivity contribution in [3.63, 3.8) is 0 Å². The number of aromatic amines is 1. The van der Waals surface area contributed by atoms with Crippen LogP contribution in [0.4, 0.5) is 0 Å². The van der Waals surface area contributed by atoms with Crippen molar-refractivity contribution in [2.45, 2.75) is 30.1 Å². The fourth-order valence-electron chi connectivity index (χ4n) is 4.66. The lowest BCUT2D eigenvalue weighted by Crippen LogP contribution is -2.51. The van der Waals surface area contributed by atoms with E-state index >= 15 is 0 Å². The van der Waals surface area contributed by atoms with Crippen LogP contribution < -0.4 is 0 Å². The standard InChI is InChI=1S/C22H24N4O3S/c27-22(18-8-3-6-16-5-1-2-7-17(16)18)25-11-13-26(14-12-25)30(28,29)20-15-24-21-19(20)9-4-10-23-21/h1-2,4-5,7,9-10,15,18H,3,6,8,11-14H2,(H,23,24). The molecule has 8 heteroatoms. The molecule has 1 saturated heterocycles. The summed E-state index contributed by atoms with van der Waals surface area (Å²) in [6.45, 7) is 1.43. The van der Waals surface area contributed by atoms with Crippen molar-refractivity contribution in [3.8, 4) is 0 Å². The highest BCUT2D eigenvalue weighted by Crippen LogP contribution is 2.33. The van der Waals surface area contributed by atoms with Crippen molar-refractivity contribution in [3.05, 3.63) is 59.9 Å². The number of fused-ring (bicyclic) bond motifs is 2. The third-order valence-electron chi connectivity index (χ3n) is 6.25. The summed E-state index contributed by atoms with van der Waals surface area (Å²) in [5.41, 5.74) is 2.95. The number of hydrogen-bond acceptors (Lipinski definition) is 4. The zero-order chi connectivity index (χ0) is 20.7. The van der Waals surface area contributed by atoms with Gasteiger partial charge in [-0.25, -0.2) is 13.4 Å². The molecule has 1 amide bonds. The maximum atomic E-state index is 13.2. The molecule has 1 aromatic carbocycles. The summed E-state index contributed by atoms with van der Waals surface area (Å²) in [6, 6.07) is 11.7. The van der Waals surface area contributed by atoms with Gasteiger partial charge in [0.1, 0.15) is 10.5 Å². The summed E-state index contributed by atoms with van der Waals surface area (Å²) >= 11 is 0. The van der Waals surface area contributed by atoms with Crippen molar-refractivity contribution in [1.82, 2.24) is 19.2 Å². The minimum Gasteiger partial charge on any atom is -0.345 e.